The second-order valence-corrected chi connectivity index (χ2v) is 27.3. The first-order chi connectivity index (χ1) is 48.9. The Kier molecular flexibility index (Phi) is 20.5. The maximum atomic E-state index is 13.9. The average molecular weight is 1400 g/mol. The van der Waals surface area contributed by atoms with Crippen LogP contribution in [0.3, 0.4) is 0 Å². The monoisotopic (exact) mass is 1400 g/mol. The van der Waals surface area contributed by atoms with Gasteiger partial charge >= 0.3 is 11.9 Å². The molecule has 9 aromatic rings. The van der Waals surface area contributed by atoms with Crippen LogP contribution in [0.25, 0.3) is 22.3 Å². The van der Waals surface area contributed by atoms with Crippen molar-refractivity contribution in [2.24, 2.45) is 10.8 Å². The molecule has 0 spiro atoms. The van der Waals surface area contributed by atoms with Crippen molar-refractivity contribution in [3.05, 3.63) is 183 Å². The molecule has 1 unspecified atom stereocenters. The fourth-order valence-corrected chi connectivity index (χ4v) is 13.9. The van der Waals surface area contributed by atoms with Crippen molar-refractivity contribution in [2.45, 2.75) is 121 Å². The van der Waals surface area contributed by atoms with Crippen molar-refractivity contribution >= 4 is 75.8 Å². The van der Waals surface area contributed by atoms with E-state index in [2.05, 4.69) is 103 Å². The van der Waals surface area contributed by atoms with E-state index in [0.29, 0.717) is 118 Å². The number of anilines is 7. The summed E-state index contributed by atoms with van der Waals surface area (Å²) in [6.45, 7) is 19.4. The minimum atomic E-state index is -0.428. The Labute approximate surface area is 595 Å². The highest BCUT2D eigenvalue weighted by Crippen LogP contribution is 2.44. The molecule has 27 nitrogen and oxygen atoms in total. The molecule has 0 radical (unpaired) electrons. The van der Waals surface area contributed by atoms with Crippen LogP contribution in [-0.4, -0.2) is 135 Å². The van der Waals surface area contributed by atoms with Gasteiger partial charge in [-0.2, -0.15) is 0 Å². The van der Waals surface area contributed by atoms with Crippen LogP contribution >= 0.6 is 11.6 Å². The van der Waals surface area contributed by atoms with Gasteiger partial charge < -0.3 is 53.7 Å². The van der Waals surface area contributed by atoms with E-state index in [1.165, 1.54) is 36.4 Å². The molecule has 14 rings (SSSR count). The number of rotatable bonds is 17. The molecule has 0 bridgehead atoms. The highest BCUT2D eigenvalue weighted by atomic mass is 35.5. The third-order valence-corrected chi connectivity index (χ3v) is 18.2. The van der Waals surface area contributed by atoms with Crippen LogP contribution in [-0.2, 0) is 75.8 Å². The fourth-order valence-electron chi connectivity index (χ4n) is 13.7. The molecule has 2 amide bonds. The van der Waals surface area contributed by atoms with E-state index in [-0.39, 0.29) is 42.1 Å². The van der Waals surface area contributed by atoms with E-state index in [0.717, 1.165) is 59.5 Å². The molecule has 28 heteroatoms. The number of esters is 2. The minimum absolute atomic E-state index is 0.0524. The number of allylic oxidation sites excluding steroid dienone is 2. The zero-order valence-electron chi connectivity index (χ0n) is 59.3. The molecular weight excluding hydrogens is 1320 g/mol. The fraction of sp³-hybridized carbons (Fsp3) is 0.351. The van der Waals surface area contributed by atoms with Gasteiger partial charge in [0.1, 0.15) is 82.5 Å². The number of hydrogen-bond acceptors (Lipinski definition) is 23. The van der Waals surface area contributed by atoms with Gasteiger partial charge in [0, 0.05) is 137 Å². The molecule has 528 valence electrons. The van der Waals surface area contributed by atoms with Crippen LogP contribution in [0.1, 0.15) is 114 Å². The summed E-state index contributed by atoms with van der Waals surface area (Å²) in [5.41, 5.74) is 12.9. The minimum Gasteiger partial charge on any atom is -0.480 e. The number of carbonyl (C=O) groups is 4. The van der Waals surface area contributed by atoms with E-state index in [4.69, 9.17) is 35.3 Å². The standard InChI is InChI=1S/2C31H33N7O4.C12H15ClN4O/c2*1-18-32-9-7-27(35-18)36-24-12-21(16-34-29(24)41-5)22-6-8-33-28(23(22)17-42-19(2)39)38-11-10-37-25(30(38)40)13-20-14-31(3,4)15-26(20)37;1-8-14-5-4-11(15-8)16-10-6-9(13)7-17(2)12(10)18-3/h2*6-9,12-13,16H,10-11,14-15,17H2,1-5H3,(H,32,35,36);4-7,12H,1-3H3,(H,14,15,16). The third-order valence-electron chi connectivity index (χ3n) is 18.0. The first-order valence-corrected chi connectivity index (χ1v) is 33.7. The lowest BCUT2D eigenvalue weighted by molar-refractivity contribution is -0.143. The second kappa shape index (κ2) is 29.6. The molecule has 12 heterocycles. The number of amides is 2. The quantitative estimate of drug-likeness (QED) is 0.0714. The molecule has 0 fully saturated rings. The maximum Gasteiger partial charge on any atom is 0.302 e. The Morgan fingerprint density at radius 1 is 0.559 bits per heavy atom. The Hall–Kier alpha value is -11.2. The number of likely N-dealkylation sites (N-methyl/N-ethyl adjacent to an activating group) is 1. The Morgan fingerprint density at radius 2 is 0.971 bits per heavy atom. The zero-order chi connectivity index (χ0) is 72.3. The van der Waals surface area contributed by atoms with E-state index in [1.54, 1.807) is 92.7 Å². The summed E-state index contributed by atoms with van der Waals surface area (Å²) in [4.78, 5) is 101. The molecule has 0 saturated carbocycles. The molecule has 1 atom stereocenters. The molecular formula is C74H81ClN18O9. The number of halogens is 1. The summed E-state index contributed by atoms with van der Waals surface area (Å²) in [7, 11) is 6.64. The largest absolute Gasteiger partial charge is 0.480 e. The van der Waals surface area contributed by atoms with E-state index < -0.39 is 11.9 Å². The molecule has 2 aliphatic carbocycles. The van der Waals surface area contributed by atoms with Gasteiger partial charge in [0.05, 0.1) is 24.9 Å². The summed E-state index contributed by atoms with van der Waals surface area (Å²) < 4.78 is 31.7. The number of nitrogens with zero attached hydrogens (tertiary/aromatic N) is 15. The molecule has 102 heavy (non-hydrogen) atoms. The first kappa shape index (κ1) is 70.7. The topological polar surface area (TPSA) is 299 Å². The van der Waals surface area contributed by atoms with Crippen molar-refractivity contribution in [3.63, 3.8) is 0 Å². The first-order valence-electron chi connectivity index (χ1n) is 33.3. The molecule has 3 N–H and O–H groups in total. The number of carbonyl (C=O) groups excluding carboxylic acids is 4. The predicted octanol–water partition coefficient (Wildman–Crippen LogP) is 11.4. The van der Waals surface area contributed by atoms with Gasteiger partial charge in [-0.3, -0.25) is 29.0 Å². The zero-order valence-corrected chi connectivity index (χ0v) is 60.1. The lowest BCUT2D eigenvalue weighted by Gasteiger charge is -2.31. The normalized spacial score (nSPS) is 16.0. The Balaban J connectivity index is 0.000000156. The molecule has 5 aliphatic rings. The summed E-state index contributed by atoms with van der Waals surface area (Å²) in [6.07, 6.45) is 19.0. The van der Waals surface area contributed by atoms with Gasteiger partial charge in [0.25, 0.3) is 11.8 Å². The van der Waals surface area contributed by atoms with Crippen molar-refractivity contribution in [1.82, 2.24) is 63.9 Å². The third kappa shape index (κ3) is 15.4. The van der Waals surface area contributed by atoms with Gasteiger partial charge in [0.15, 0.2) is 6.23 Å². The Morgan fingerprint density at radius 3 is 1.36 bits per heavy atom. The van der Waals surface area contributed by atoms with Gasteiger partial charge in [0.2, 0.25) is 11.8 Å². The number of aromatic nitrogens is 12. The SMILES string of the molecule is COC1C(Nc2ccnc(C)n2)=CC(Cl)=CN1C.COc1ncc(-c2ccnc(N3CCn4c(cc5c4CC(C)(C)C5)C3=O)c2COC(C)=O)cc1Nc1ccnc(C)n1.COc1ncc(-c2ccnc(N3CCn4c(cc5c4CC(C)(C)C5)C3=O)c2COC(C)=O)cc1Nc1ccnc(C)n1. The van der Waals surface area contributed by atoms with Gasteiger partial charge in [-0.1, -0.05) is 39.3 Å². The van der Waals surface area contributed by atoms with Crippen LogP contribution in [0.15, 0.2) is 121 Å². The van der Waals surface area contributed by atoms with Gasteiger partial charge in [-0.25, -0.2) is 49.8 Å². The molecule has 9 aromatic heterocycles. The van der Waals surface area contributed by atoms with Gasteiger partial charge in [-0.05, 0) is 140 Å². The number of hydrogen-bond donors (Lipinski definition) is 3. The highest BCUT2D eigenvalue weighted by molar-refractivity contribution is 6.31. The lowest BCUT2D eigenvalue weighted by Crippen LogP contribution is -2.41. The number of nitrogens with one attached hydrogen (secondary N) is 3. The molecule has 3 aliphatic heterocycles. The number of methoxy groups -OCH3 is 3. The number of aryl methyl sites for hydroxylation is 3. The van der Waals surface area contributed by atoms with Crippen LogP contribution in [0, 0.1) is 31.6 Å². The number of ether oxygens (including phenoxy) is 5. The smallest absolute Gasteiger partial charge is 0.302 e. The maximum absolute atomic E-state index is 13.9. The van der Waals surface area contributed by atoms with Gasteiger partial charge in [-0.15, -0.1) is 0 Å². The van der Waals surface area contributed by atoms with Crippen molar-refractivity contribution < 1.29 is 42.9 Å². The molecule has 0 saturated heterocycles. The Bertz CT molecular complexity index is 4550. The van der Waals surface area contributed by atoms with Crippen molar-refractivity contribution in [3.8, 4) is 34.0 Å². The summed E-state index contributed by atoms with van der Waals surface area (Å²) >= 11 is 6.04. The summed E-state index contributed by atoms with van der Waals surface area (Å²) in [5, 5.41) is 10.4. The molecule has 0 aromatic carbocycles. The van der Waals surface area contributed by atoms with Crippen LogP contribution < -0.4 is 35.2 Å². The lowest BCUT2D eigenvalue weighted by atomic mass is 9.90. The second-order valence-electron chi connectivity index (χ2n) is 26.9. The summed E-state index contributed by atoms with van der Waals surface area (Å²) in [5.74, 6) is 4.46. The van der Waals surface area contributed by atoms with E-state index in [9.17, 15) is 19.2 Å². The van der Waals surface area contributed by atoms with Crippen LogP contribution in [0.4, 0.5) is 40.5 Å². The average Bonchev–Trinajstić information content (AvgIpc) is 1.36. The van der Waals surface area contributed by atoms with Crippen molar-refractivity contribution in [1.29, 1.82) is 0 Å². The predicted molar refractivity (Wildman–Crippen MR) is 385 cm³/mol. The number of pyridine rings is 4. The van der Waals surface area contributed by atoms with Crippen LogP contribution in [0.5, 0.6) is 11.8 Å². The van der Waals surface area contributed by atoms with Crippen molar-refractivity contribution in [2.75, 3.05) is 67.2 Å². The number of fused-ring (bicyclic) bond motifs is 6. The van der Waals surface area contributed by atoms with E-state index in [1.807, 2.05) is 81.4 Å². The van der Waals surface area contributed by atoms with Crippen LogP contribution in [0.2, 0.25) is 0 Å². The highest BCUT2D eigenvalue weighted by Gasteiger charge is 2.40. The summed E-state index contributed by atoms with van der Waals surface area (Å²) in [6, 6.07) is 16.8. The van der Waals surface area contributed by atoms with E-state index >= 15 is 0 Å².